The molecule has 0 spiro atoms. The van der Waals surface area contributed by atoms with Crippen molar-refractivity contribution in [1.29, 1.82) is 0 Å². The molecule has 2 aromatic heterocycles. The number of halogens is 1. The van der Waals surface area contributed by atoms with Crippen molar-refractivity contribution >= 4 is 17.1 Å². The van der Waals surface area contributed by atoms with Gasteiger partial charge in [0.2, 0.25) is 0 Å². The van der Waals surface area contributed by atoms with Crippen LogP contribution >= 0.6 is 11.6 Å². The van der Waals surface area contributed by atoms with Gasteiger partial charge in [-0.1, -0.05) is 50.1 Å². The van der Waals surface area contributed by atoms with Gasteiger partial charge >= 0.3 is 0 Å². The summed E-state index contributed by atoms with van der Waals surface area (Å²) < 4.78 is 2.13. The first-order chi connectivity index (χ1) is 9.34. The minimum Gasteiger partial charge on any atom is -0.302 e. The van der Waals surface area contributed by atoms with Gasteiger partial charge in [0, 0.05) is 5.69 Å². The smallest absolute Gasteiger partial charge is 0.0994 e. The van der Waals surface area contributed by atoms with Crippen LogP contribution in [0.25, 0.3) is 5.52 Å². The molecule has 1 saturated carbocycles. The summed E-state index contributed by atoms with van der Waals surface area (Å²) in [7, 11) is 0. The Morgan fingerprint density at radius 1 is 1.21 bits per heavy atom. The molecule has 1 fully saturated rings. The molecular formula is C16H21ClN2. The van der Waals surface area contributed by atoms with Crippen molar-refractivity contribution in [3.8, 4) is 0 Å². The van der Waals surface area contributed by atoms with Crippen molar-refractivity contribution in [1.82, 2.24) is 9.38 Å². The largest absolute Gasteiger partial charge is 0.302 e. The highest BCUT2D eigenvalue weighted by molar-refractivity contribution is 6.31. The molecule has 1 aliphatic carbocycles. The Hall–Kier alpha value is -1.02. The van der Waals surface area contributed by atoms with E-state index >= 15 is 0 Å². The van der Waals surface area contributed by atoms with Gasteiger partial charge in [-0.25, -0.2) is 4.98 Å². The van der Waals surface area contributed by atoms with Gasteiger partial charge in [-0.3, -0.25) is 0 Å². The lowest BCUT2D eigenvalue weighted by molar-refractivity contribution is 0.332. The normalized spacial score (nSPS) is 17.1. The molecule has 0 aromatic carbocycles. The predicted octanol–water partition coefficient (Wildman–Crippen LogP) is 4.89. The number of fused-ring (bicyclic) bond motifs is 1. The van der Waals surface area contributed by atoms with Gasteiger partial charge in [-0.15, -0.1) is 0 Å². The molecule has 19 heavy (non-hydrogen) atoms. The maximum atomic E-state index is 6.33. The average molecular weight is 277 g/mol. The second kappa shape index (κ2) is 5.96. The fourth-order valence-electron chi connectivity index (χ4n) is 3.30. The minimum absolute atomic E-state index is 0.870. The predicted molar refractivity (Wildman–Crippen MR) is 79.7 cm³/mol. The van der Waals surface area contributed by atoms with Crippen LogP contribution in [-0.2, 0) is 6.42 Å². The zero-order valence-electron chi connectivity index (χ0n) is 11.3. The maximum Gasteiger partial charge on any atom is 0.0994 e. The molecular weight excluding hydrogens is 256 g/mol. The summed E-state index contributed by atoms with van der Waals surface area (Å²) in [4.78, 5) is 4.21. The van der Waals surface area contributed by atoms with Crippen molar-refractivity contribution in [3.63, 3.8) is 0 Å². The van der Waals surface area contributed by atoms with Gasteiger partial charge in [0.15, 0.2) is 0 Å². The Bertz CT molecular complexity index is 541. The number of pyridine rings is 1. The van der Waals surface area contributed by atoms with Crippen LogP contribution < -0.4 is 0 Å². The van der Waals surface area contributed by atoms with Crippen molar-refractivity contribution in [2.75, 3.05) is 0 Å². The number of imidazole rings is 1. The summed E-state index contributed by atoms with van der Waals surface area (Å²) in [6.07, 6.45) is 14.6. The molecule has 102 valence electrons. The van der Waals surface area contributed by atoms with E-state index in [-0.39, 0.29) is 0 Å². The maximum absolute atomic E-state index is 6.33. The van der Waals surface area contributed by atoms with Crippen molar-refractivity contribution in [3.05, 3.63) is 35.4 Å². The highest BCUT2D eigenvalue weighted by atomic mass is 35.5. The van der Waals surface area contributed by atoms with E-state index in [0.717, 1.165) is 22.9 Å². The average Bonchev–Trinajstić information content (AvgIpc) is 2.91. The van der Waals surface area contributed by atoms with Gasteiger partial charge in [-0.05, 0) is 30.9 Å². The Kier molecular flexibility index (Phi) is 4.07. The quantitative estimate of drug-likeness (QED) is 0.777. The topological polar surface area (TPSA) is 17.3 Å². The summed E-state index contributed by atoms with van der Waals surface area (Å²) in [6.45, 7) is 0. The lowest BCUT2D eigenvalue weighted by Gasteiger charge is -2.21. The third-order valence-corrected chi connectivity index (χ3v) is 4.73. The number of rotatable bonds is 4. The second-order valence-electron chi connectivity index (χ2n) is 5.71. The first-order valence-electron chi connectivity index (χ1n) is 7.44. The van der Waals surface area contributed by atoms with E-state index in [1.165, 1.54) is 50.6 Å². The van der Waals surface area contributed by atoms with E-state index in [4.69, 9.17) is 11.6 Å². The summed E-state index contributed by atoms with van der Waals surface area (Å²) in [6, 6.07) is 4.02. The van der Waals surface area contributed by atoms with E-state index in [0.29, 0.717) is 0 Å². The first kappa shape index (κ1) is 13.0. The molecule has 1 aliphatic rings. The zero-order valence-corrected chi connectivity index (χ0v) is 12.1. The monoisotopic (exact) mass is 276 g/mol. The number of hydrogen-bond donors (Lipinski definition) is 0. The molecule has 0 bridgehead atoms. The van der Waals surface area contributed by atoms with Gasteiger partial charge in [-0.2, -0.15) is 0 Å². The van der Waals surface area contributed by atoms with E-state index in [9.17, 15) is 0 Å². The van der Waals surface area contributed by atoms with Crippen LogP contribution in [0, 0.1) is 5.92 Å². The van der Waals surface area contributed by atoms with Gasteiger partial charge in [0.05, 0.1) is 23.1 Å². The van der Waals surface area contributed by atoms with Crippen LogP contribution in [0.5, 0.6) is 0 Å². The lowest BCUT2D eigenvalue weighted by atomic mass is 9.85. The minimum atomic E-state index is 0.870. The molecule has 0 atom stereocenters. The molecule has 2 aromatic rings. The fourth-order valence-corrected chi connectivity index (χ4v) is 3.55. The third-order valence-electron chi connectivity index (χ3n) is 4.38. The number of nitrogens with zero attached hydrogens (tertiary/aromatic N) is 2. The summed E-state index contributed by atoms with van der Waals surface area (Å²) in [5, 5.41) is 0.870. The standard InChI is InChI=1S/C16H21ClN2/c17-15-10-9-14-11-18-12-19(14)16(15)8-4-7-13-5-2-1-3-6-13/h9-13H,1-8H2. The van der Waals surface area contributed by atoms with E-state index < -0.39 is 0 Å². The van der Waals surface area contributed by atoms with Crippen molar-refractivity contribution in [2.45, 2.75) is 51.4 Å². The molecule has 3 rings (SSSR count). The fraction of sp³-hybridized carbons (Fsp3) is 0.562. The van der Waals surface area contributed by atoms with Crippen molar-refractivity contribution < 1.29 is 0 Å². The van der Waals surface area contributed by atoms with Gasteiger partial charge in [0.25, 0.3) is 0 Å². The number of hydrogen-bond acceptors (Lipinski definition) is 1. The third kappa shape index (κ3) is 2.94. The molecule has 2 nitrogen and oxygen atoms in total. The SMILES string of the molecule is Clc1ccc2cncn2c1CCCC1CCCCC1. The molecule has 0 saturated heterocycles. The van der Waals surface area contributed by atoms with Crippen LogP contribution in [0.2, 0.25) is 5.02 Å². The van der Waals surface area contributed by atoms with Crippen LogP contribution in [0.3, 0.4) is 0 Å². The molecule has 0 radical (unpaired) electrons. The first-order valence-corrected chi connectivity index (χ1v) is 7.82. The van der Waals surface area contributed by atoms with Crippen LogP contribution in [0.1, 0.15) is 50.6 Å². The van der Waals surface area contributed by atoms with Gasteiger partial charge in [0.1, 0.15) is 0 Å². The Labute approximate surface area is 119 Å². The van der Waals surface area contributed by atoms with Crippen LogP contribution in [0.4, 0.5) is 0 Å². The van der Waals surface area contributed by atoms with Crippen molar-refractivity contribution in [2.24, 2.45) is 5.92 Å². The zero-order chi connectivity index (χ0) is 13.1. The number of aryl methyl sites for hydroxylation is 1. The van der Waals surface area contributed by atoms with E-state index in [1.807, 2.05) is 24.7 Å². The molecule has 0 N–H and O–H groups in total. The molecule has 3 heteroatoms. The molecule has 0 unspecified atom stereocenters. The summed E-state index contributed by atoms with van der Waals surface area (Å²) >= 11 is 6.33. The summed E-state index contributed by atoms with van der Waals surface area (Å²) in [5.41, 5.74) is 2.35. The van der Waals surface area contributed by atoms with Crippen LogP contribution in [-0.4, -0.2) is 9.38 Å². The molecule has 0 aliphatic heterocycles. The number of aromatic nitrogens is 2. The molecule has 0 amide bonds. The van der Waals surface area contributed by atoms with E-state index in [1.54, 1.807) is 0 Å². The summed E-state index contributed by atoms with van der Waals surface area (Å²) in [5.74, 6) is 0.953. The van der Waals surface area contributed by atoms with Crippen LogP contribution in [0.15, 0.2) is 24.7 Å². The second-order valence-corrected chi connectivity index (χ2v) is 6.12. The lowest BCUT2D eigenvalue weighted by Crippen LogP contribution is -2.07. The Morgan fingerprint density at radius 2 is 2.05 bits per heavy atom. The van der Waals surface area contributed by atoms with E-state index in [2.05, 4.69) is 9.38 Å². The Balaban J connectivity index is 1.64. The molecule has 2 heterocycles. The van der Waals surface area contributed by atoms with Gasteiger partial charge < -0.3 is 4.40 Å². The highest BCUT2D eigenvalue weighted by Crippen LogP contribution is 2.28. The Morgan fingerprint density at radius 3 is 2.89 bits per heavy atom. The highest BCUT2D eigenvalue weighted by Gasteiger charge is 2.13.